The van der Waals surface area contributed by atoms with Gasteiger partial charge in [0.1, 0.15) is 4.21 Å². The predicted octanol–water partition coefficient (Wildman–Crippen LogP) is 2.07. The first-order valence-electron chi connectivity index (χ1n) is 6.71. The molecule has 0 atom stereocenters. The Bertz CT molecular complexity index is 632. The Hall–Kier alpha value is -0.600. The number of alkyl halides is 3. The molecular formula is C12H20F3IN4O2S2. The molecule has 0 unspecified atom stereocenters. The van der Waals surface area contributed by atoms with Crippen molar-refractivity contribution in [3.8, 4) is 0 Å². The van der Waals surface area contributed by atoms with Crippen LogP contribution in [0.1, 0.15) is 11.3 Å². The van der Waals surface area contributed by atoms with E-state index in [9.17, 15) is 21.6 Å². The smallest absolute Gasteiger partial charge is 0.356 e. The molecule has 0 saturated carbocycles. The van der Waals surface area contributed by atoms with Crippen LogP contribution in [0.5, 0.6) is 0 Å². The maximum absolute atomic E-state index is 12.0. The molecular weight excluding hydrogens is 480 g/mol. The van der Waals surface area contributed by atoms with Gasteiger partial charge in [0.15, 0.2) is 5.96 Å². The van der Waals surface area contributed by atoms with Gasteiger partial charge in [0, 0.05) is 31.6 Å². The fraction of sp³-hybridized carbons (Fsp3) is 0.583. The second-order valence-corrected chi connectivity index (χ2v) is 7.84. The fourth-order valence-corrected chi connectivity index (χ4v) is 3.90. The van der Waals surface area contributed by atoms with E-state index < -0.39 is 22.6 Å². The molecule has 0 aliphatic carbocycles. The Labute approximate surface area is 160 Å². The van der Waals surface area contributed by atoms with E-state index in [2.05, 4.69) is 20.3 Å². The molecule has 1 rings (SSSR count). The molecule has 12 heteroatoms. The number of nitrogens with one attached hydrogen (secondary N) is 3. The van der Waals surface area contributed by atoms with Crippen LogP contribution in [-0.4, -0.2) is 47.2 Å². The standard InChI is InChI=1S/C12H19F3N4O2S2.HI/c1-9-3-4-10(22-9)23(20,21)19-8-7-18-11(16-2)17-6-5-12(13,14)15;/h3-4,19H,5-8H2,1-2H3,(H2,16,17,18);1H. The first kappa shape index (κ1) is 23.4. The summed E-state index contributed by atoms with van der Waals surface area (Å²) in [5.41, 5.74) is 0. The van der Waals surface area contributed by atoms with E-state index in [1.807, 2.05) is 6.92 Å². The van der Waals surface area contributed by atoms with Gasteiger partial charge in [-0.3, -0.25) is 4.99 Å². The van der Waals surface area contributed by atoms with Crippen LogP contribution in [0.15, 0.2) is 21.3 Å². The quantitative estimate of drug-likeness (QED) is 0.232. The molecule has 0 spiro atoms. The Kier molecular flexibility index (Phi) is 10.1. The van der Waals surface area contributed by atoms with Crippen LogP contribution < -0.4 is 15.4 Å². The summed E-state index contributed by atoms with van der Waals surface area (Å²) in [6.07, 6.45) is -5.21. The third kappa shape index (κ3) is 9.03. The Balaban J connectivity index is 0.00000529. The molecule has 1 aromatic rings. The fourth-order valence-electron chi connectivity index (χ4n) is 1.54. The van der Waals surface area contributed by atoms with Crippen LogP contribution in [0.3, 0.4) is 0 Å². The monoisotopic (exact) mass is 500 g/mol. The average molecular weight is 500 g/mol. The van der Waals surface area contributed by atoms with Crippen molar-refractivity contribution >= 4 is 51.3 Å². The maximum atomic E-state index is 12.0. The second kappa shape index (κ2) is 10.4. The predicted molar refractivity (Wildman–Crippen MR) is 99.7 cm³/mol. The van der Waals surface area contributed by atoms with Gasteiger partial charge in [0.25, 0.3) is 0 Å². The normalized spacial score (nSPS) is 12.6. The second-order valence-electron chi connectivity index (χ2n) is 4.55. The largest absolute Gasteiger partial charge is 0.390 e. The highest BCUT2D eigenvalue weighted by atomic mass is 127. The summed E-state index contributed by atoms with van der Waals surface area (Å²) in [6.45, 7) is 1.78. The van der Waals surface area contributed by atoms with Gasteiger partial charge in [-0.15, -0.1) is 35.3 Å². The number of sulfonamides is 1. The zero-order valence-corrected chi connectivity index (χ0v) is 17.1. The van der Waals surface area contributed by atoms with Gasteiger partial charge in [-0.05, 0) is 19.1 Å². The van der Waals surface area contributed by atoms with E-state index in [1.54, 1.807) is 6.07 Å². The lowest BCUT2D eigenvalue weighted by molar-refractivity contribution is -0.132. The van der Waals surface area contributed by atoms with E-state index in [4.69, 9.17) is 0 Å². The van der Waals surface area contributed by atoms with Gasteiger partial charge in [0.05, 0.1) is 6.42 Å². The van der Waals surface area contributed by atoms with E-state index in [1.165, 1.54) is 13.1 Å². The Morgan fingerprint density at radius 1 is 1.21 bits per heavy atom. The Morgan fingerprint density at radius 3 is 2.33 bits per heavy atom. The molecule has 140 valence electrons. The van der Waals surface area contributed by atoms with Crippen LogP contribution in [-0.2, 0) is 10.0 Å². The molecule has 0 aromatic carbocycles. The highest BCUT2D eigenvalue weighted by Gasteiger charge is 2.26. The molecule has 1 heterocycles. The topological polar surface area (TPSA) is 82.6 Å². The SMILES string of the molecule is CN=C(NCCNS(=O)(=O)c1ccc(C)s1)NCCC(F)(F)F.I. The highest BCUT2D eigenvalue weighted by molar-refractivity contribution is 14.0. The van der Waals surface area contributed by atoms with Crippen LogP contribution >= 0.6 is 35.3 Å². The highest BCUT2D eigenvalue weighted by Crippen LogP contribution is 2.20. The summed E-state index contributed by atoms with van der Waals surface area (Å²) < 4.78 is 62.6. The van der Waals surface area contributed by atoms with Crippen LogP contribution in [0, 0.1) is 6.92 Å². The van der Waals surface area contributed by atoms with Crippen molar-refractivity contribution in [3.63, 3.8) is 0 Å². The van der Waals surface area contributed by atoms with Crippen molar-refractivity contribution in [2.75, 3.05) is 26.7 Å². The van der Waals surface area contributed by atoms with Gasteiger partial charge in [0.2, 0.25) is 10.0 Å². The number of thiophene rings is 1. The molecule has 0 aliphatic rings. The van der Waals surface area contributed by atoms with Gasteiger partial charge >= 0.3 is 6.18 Å². The summed E-state index contributed by atoms with van der Waals surface area (Å²) in [5, 5.41) is 5.24. The molecule has 0 radical (unpaired) electrons. The molecule has 1 aromatic heterocycles. The lowest BCUT2D eigenvalue weighted by atomic mass is 10.4. The number of hydrogen-bond acceptors (Lipinski definition) is 4. The minimum Gasteiger partial charge on any atom is -0.356 e. The van der Waals surface area contributed by atoms with Gasteiger partial charge in [-0.25, -0.2) is 13.1 Å². The summed E-state index contributed by atoms with van der Waals surface area (Å²) in [5.74, 6) is 0.181. The molecule has 0 fully saturated rings. The van der Waals surface area contributed by atoms with E-state index in [-0.39, 0.29) is 53.8 Å². The number of aryl methyl sites for hydroxylation is 1. The molecule has 0 aliphatic heterocycles. The number of guanidine groups is 1. The summed E-state index contributed by atoms with van der Waals surface area (Å²) in [6, 6.07) is 3.23. The van der Waals surface area contributed by atoms with E-state index >= 15 is 0 Å². The molecule has 6 nitrogen and oxygen atoms in total. The molecule has 0 saturated heterocycles. The van der Waals surface area contributed by atoms with Crippen molar-refractivity contribution < 1.29 is 21.6 Å². The van der Waals surface area contributed by atoms with Crippen molar-refractivity contribution in [1.82, 2.24) is 15.4 Å². The van der Waals surface area contributed by atoms with Crippen molar-refractivity contribution in [2.24, 2.45) is 4.99 Å². The van der Waals surface area contributed by atoms with Gasteiger partial charge in [-0.1, -0.05) is 0 Å². The summed E-state index contributed by atoms with van der Waals surface area (Å²) in [7, 11) is -2.14. The number of nitrogens with zero attached hydrogens (tertiary/aromatic N) is 1. The number of aliphatic imine (C=N–C) groups is 1. The number of halogens is 4. The van der Waals surface area contributed by atoms with Crippen molar-refractivity contribution in [3.05, 3.63) is 17.0 Å². The van der Waals surface area contributed by atoms with Gasteiger partial charge in [-0.2, -0.15) is 13.2 Å². The van der Waals surface area contributed by atoms with E-state index in [0.717, 1.165) is 16.2 Å². The zero-order chi connectivity index (χ0) is 17.5. The molecule has 24 heavy (non-hydrogen) atoms. The van der Waals surface area contributed by atoms with Crippen LogP contribution in [0.4, 0.5) is 13.2 Å². The number of hydrogen-bond donors (Lipinski definition) is 3. The van der Waals surface area contributed by atoms with E-state index in [0.29, 0.717) is 0 Å². The van der Waals surface area contributed by atoms with Gasteiger partial charge < -0.3 is 10.6 Å². The lowest BCUT2D eigenvalue weighted by Gasteiger charge is -2.13. The minimum absolute atomic E-state index is 0. The third-order valence-electron chi connectivity index (χ3n) is 2.61. The minimum atomic E-state index is -4.24. The first-order valence-corrected chi connectivity index (χ1v) is 9.01. The van der Waals surface area contributed by atoms with Crippen LogP contribution in [0.25, 0.3) is 0 Å². The van der Waals surface area contributed by atoms with Crippen LogP contribution in [0.2, 0.25) is 0 Å². The summed E-state index contributed by atoms with van der Waals surface area (Å²) >= 11 is 1.16. The first-order chi connectivity index (χ1) is 10.6. The van der Waals surface area contributed by atoms with Crippen molar-refractivity contribution in [1.29, 1.82) is 0 Å². The average Bonchev–Trinajstić information content (AvgIpc) is 2.87. The third-order valence-corrected chi connectivity index (χ3v) is 5.57. The Morgan fingerprint density at radius 2 is 1.83 bits per heavy atom. The maximum Gasteiger partial charge on any atom is 0.390 e. The molecule has 3 N–H and O–H groups in total. The van der Waals surface area contributed by atoms with Crippen molar-refractivity contribution in [2.45, 2.75) is 23.7 Å². The molecule has 0 amide bonds. The molecule has 0 bridgehead atoms. The lowest BCUT2D eigenvalue weighted by Crippen LogP contribution is -2.42. The number of rotatable bonds is 7. The summed E-state index contributed by atoms with van der Waals surface area (Å²) in [4.78, 5) is 4.64. The zero-order valence-electron chi connectivity index (χ0n) is 13.1.